The molecule has 0 radical (unpaired) electrons. The molecule has 2 N–H and O–H groups in total. The fourth-order valence-electron chi connectivity index (χ4n) is 3.34. The van der Waals surface area contributed by atoms with Crippen molar-refractivity contribution in [1.29, 1.82) is 0 Å². The zero-order valence-corrected chi connectivity index (χ0v) is 18.5. The van der Waals surface area contributed by atoms with E-state index in [4.69, 9.17) is 16.7 Å². The number of hydrogen-bond donors (Lipinski definition) is 2. The first-order valence-electron chi connectivity index (χ1n) is 9.82. The van der Waals surface area contributed by atoms with Gasteiger partial charge in [0.25, 0.3) is 0 Å². The standard InChI is InChI=1S/C20H24ClN7OS/c1-13-11-15(3-4-16(13)21)17-12-22-20(30-17)26-18-23-14(2)24-19(25-18)28-7-5-27(6-8-28)9-10-29/h3-4,11-12,29H,5-10H2,1-2H3,(H,22,23,24,25,26). The van der Waals surface area contributed by atoms with E-state index >= 15 is 0 Å². The van der Waals surface area contributed by atoms with E-state index < -0.39 is 0 Å². The number of halogens is 1. The summed E-state index contributed by atoms with van der Waals surface area (Å²) in [5.41, 5.74) is 2.12. The Labute approximate surface area is 184 Å². The molecule has 3 heterocycles. The fraction of sp³-hybridized carbons (Fsp3) is 0.400. The maximum Gasteiger partial charge on any atom is 0.234 e. The van der Waals surface area contributed by atoms with Gasteiger partial charge in [-0.3, -0.25) is 10.2 Å². The molecule has 1 aromatic carbocycles. The number of aliphatic hydroxyl groups excluding tert-OH is 1. The van der Waals surface area contributed by atoms with Gasteiger partial charge >= 0.3 is 0 Å². The van der Waals surface area contributed by atoms with Crippen molar-refractivity contribution < 1.29 is 5.11 Å². The molecule has 1 aliphatic rings. The van der Waals surface area contributed by atoms with Gasteiger partial charge in [0, 0.05) is 43.9 Å². The van der Waals surface area contributed by atoms with E-state index in [-0.39, 0.29) is 6.61 Å². The average molecular weight is 446 g/mol. The second-order valence-electron chi connectivity index (χ2n) is 7.18. The van der Waals surface area contributed by atoms with Crippen LogP contribution in [0.2, 0.25) is 5.02 Å². The predicted molar refractivity (Wildman–Crippen MR) is 121 cm³/mol. The molecule has 0 unspecified atom stereocenters. The summed E-state index contributed by atoms with van der Waals surface area (Å²) in [5.74, 6) is 1.81. The van der Waals surface area contributed by atoms with Crippen LogP contribution in [0.4, 0.5) is 17.0 Å². The normalized spacial score (nSPS) is 14.9. The topological polar surface area (TPSA) is 90.3 Å². The van der Waals surface area contributed by atoms with Crippen molar-refractivity contribution in [3.05, 3.63) is 40.8 Å². The highest BCUT2D eigenvalue weighted by Gasteiger charge is 2.20. The van der Waals surface area contributed by atoms with E-state index in [1.165, 1.54) is 11.3 Å². The highest BCUT2D eigenvalue weighted by Crippen LogP contribution is 2.32. The van der Waals surface area contributed by atoms with E-state index in [2.05, 4.69) is 41.1 Å². The number of piperazine rings is 1. The highest BCUT2D eigenvalue weighted by molar-refractivity contribution is 7.18. The molecule has 0 atom stereocenters. The molecule has 0 aliphatic carbocycles. The second-order valence-corrected chi connectivity index (χ2v) is 8.62. The second kappa shape index (κ2) is 9.22. The van der Waals surface area contributed by atoms with Gasteiger partial charge in [-0.15, -0.1) is 0 Å². The van der Waals surface area contributed by atoms with Crippen LogP contribution in [0.3, 0.4) is 0 Å². The van der Waals surface area contributed by atoms with Crippen LogP contribution in [0.25, 0.3) is 10.4 Å². The molecular weight excluding hydrogens is 422 g/mol. The van der Waals surface area contributed by atoms with Crippen molar-refractivity contribution in [3.8, 4) is 10.4 Å². The monoisotopic (exact) mass is 445 g/mol. The predicted octanol–water partition coefficient (Wildman–Crippen LogP) is 3.12. The van der Waals surface area contributed by atoms with Crippen LogP contribution in [-0.2, 0) is 0 Å². The largest absolute Gasteiger partial charge is 0.395 e. The molecule has 2 aromatic heterocycles. The Morgan fingerprint density at radius 1 is 1.13 bits per heavy atom. The molecule has 4 rings (SSSR count). The molecule has 0 spiro atoms. The van der Waals surface area contributed by atoms with Crippen molar-refractivity contribution in [2.24, 2.45) is 0 Å². The lowest BCUT2D eigenvalue weighted by molar-refractivity contribution is 0.188. The first kappa shape index (κ1) is 20.9. The number of nitrogens with one attached hydrogen (secondary N) is 1. The summed E-state index contributed by atoms with van der Waals surface area (Å²) in [7, 11) is 0. The average Bonchev–Trinajstić information content (AvgIpc) is 3.19. The summed E-state index contributed by atoms with van der Waals surface area (Å²) >= 11 is 7.67. The van der Waals surface area contributed by atoms with Gasteiger partial charge in [-0.1, -0.05) is 29.0 Å². The smallest absolute Gasteiger partial charge is 0.234 e. The lowest BCUT2D eigenvalue weighted by atomic mass is 10.1. The van der Waals surface area contributed by atoms with E-state index in [0.717, 1.165) is 52.3 Å². The molecule has 158 valence electrons. The first-order chi connectivity index (χ1) is 14.5. The van der Waals surface area contributed by atoms with E-state index in [0.29, 0.717) is 24.3 Å². The van der Waals surface area contributed by atoms with E-state index in [1.54, 1.807) is 0 Å². The van der Waals surface area contributed by atoms with Crippen LogP contribution >= 0.6 is 22.9 Å². The van der Waals surface area contributed by atoms with Crippen molar-refractivity contribution in [3.63, 3.8) is 0 Å². The SMILES string of the molecule is Cc1nc(Nc2ncc(-c3ccc(Cl)c(C)c3)s2)nc(N2CCN(CCO)CC2)n1. The maximum absolute atomic E-state index is 9.11. The van der Waals surface area contributed by atoms with Gasteiger partial charge in [-0.25, -0.2) is 4.98 Å². The Bertz CT molecular complexity index is 1020. The lowest BCUT2D eigenvalue weighted by Gasteiger charge is -2.34. The first-order valence-corrected chi connectivity index (χ1v) is 11.0. The zero-order valence-electron chi connectivity index (χ0n) is 17.0. The zero-order chi connectivity index (χ0) is 21.1. The summed E-state index contributed by atoms with van der Waals surface area (Å²) in [4.78, 5) is 23.4. The molecule has 1 fully saturated rings. The van der Waals surface area contributed by atoms with E-state index in [9.17, 15) is 0 Å². The molecule has 0 bridgehead atoms. The molecule has 8 nitrogen and oxygen atoms in total. The number of hydrogen-bond acceptors (Lipinski definition) is 9. The van der Waals surface area contributed by atoms with Gasteiger partial charge in [-0.2, -0.15) is 15.0 Å². The number of benzene rings is 1. The van der Waals surface area contributed by atoms with Crippen LogP contribution in [0.1, 0.15) is 11.4 Å². The molecule has 10 heteroatoms. The summed E-state index contributed by atoms with van der Waals surface area (Å²) in [5, 5.41) is 13.8. The number of aliphatic hydroxyl groups is 1. The van der Waals surface area contributed by atoms with Crippen molar-refractivity contribution in [1.82, 2.24) is 24.8 Å². The van der Waals surface area contributed by atoms with Crippen LogP contribution in [0.5, 0.6) is 0 Å². The molecular formula is C20H24ClN7OS. The number of nitrogens with zero attached hydrogens (tertiary/aromatic N) is 6. The van der Waals surface area contributed by atoms with E-state index in [1.807, 2.05) is 32.2 Å². The van der Waals surface area contributed by atoms with Gasteiger partial charge in [-0.05, 0) is 37.1 Å². The third kappa shape index (κ3) is 4.86. The van der Waals surface area contributed by atoms with Crippen molar-refractivity contribution >= 4 is 40.0 Å². The number of rotatable bonds is 6. The summed E-state index contributed by atoms with van der Waals surface area (Å²) in [6.07, 6.45) is 1.84. The fourth-order valence-corrected chi connectivity index (χ4v) is 4.26. The van der Waals surface area contributed by atoms with Gasteiger partial charge in [0.05, 0.1) is 11.5 Å². The Hall–Kier alpha value is -2.33. The minimum atomic E-state index is 0.185. The molecule has 0 saturated carbocycles. The number of anilines is 3. The third-order valence-electron chi connectivity index (χ3n) is 4.97. The Kier molecular flexibility index (Phi) is 6.43. The van der Waals surface area contributed by atoms with Crippen molar-refractivity contribution in [2.45, 2.75) is 13.8 Å². The van der Waals surface area contributed by atoms with Gasteiger partial charge < -0.3 is 10.0 Å². The van der Waals surface area contributed by atoms with Crippen LogP contribution in [-0.4, -0.2) is 69.3 Å². The lowest BCUT2D eigenvalue weighted by Crippen LogP contribution is -2.47. The number of thiazole rings is 1. The number of aryl methyl sites for hydroxylation is 2. The maximum atomic E-state index is 9.11. The Morgan fingerprint density at radius 2 is 1.93 bits per heavy atom. The molecule has 30 heavy (non-hydrogen) atoms. The summed E-state index contributed by atoms with van der Waals surface area (Å²) in [6.45, 7) is 8.14. The third-order valence-corrected chi connectivity index (χ3v) is 6.36. The summed E-state index contributed by atoms with van der Waals surface area (Å²) in [6, 6.07) is 5.95. The Balaban J connectivity index is 1.48. The minimum absolute atomic E-state index is 0.185. The van der Waals surface area contributed by atoms with Crippen LogP contribution < -0.4 is 10.2 Å². The van der Waals surface area contributed by atoms with Gasteiger partial charge in [0.15, 0.2) is 5.13 Å². The molecule has 1 aliphatic heterocycles. The quantitative estimate of drug-likeness (QED) is 0.598. The number of β-amino-alcohol motifs (C(OH)–C–C–N with tert-alkyl or cyclic N) is 1. The van der Waals surface area contributed by atoms with Crippen LogP contribution in [0, 0.1) is 13.8 Å². The molecule has 3 aromatic rings. The highest BCUT2D eigenvalue weighted by atomic mass is 35.5. The van der Waals surface area contributed by atoms with Gasteiger partial charge in [0.1, 0.15) is 5.82 Å². The summed E-state index contributed by atoms with van der Waals surface area (Å²) < 4.78 is 0. The molecule has 1 saturated heterocycles. The Morgan fingerprint density at radius 3 is 2.67 bits per heavy atom. The van der Waals surface area contributed by atoms with Crippen LogP contribution in [0.15, 0.2) is 24.4 Å². The molecule has 0 amide bonds. The minimum Gasteiger partial charge on any atom is -0.395 e. The van der Waals surface area contributed by atoms with Crippen molar-refractivity contribution in [2.75, 3.05) is 49.5 Å². The van der Waals surface area contributed by atoms with Gasteiger partial charge in [0.2, 0.25) is 11.9 Å². The number of aromatic nitrogens is 4.